The number of carbonyl (C=O) groups is 6. The molecule has 3 aliphatic rings. The lowest BCUT2D eigenvalue weighted by Crippen LogP contribution is -2.63. The van der Waals surface area contributed by atoms with E-state index in [1.165, 1.54) is 4.90 Å². The summed E-state index contributed by atoms with van der Waals surface area (Å²) in [6.45, 7) is 15.4. The van der Waals surface area contributed by atoms with Crippen LogP contribution in [-0.2, 0) is 30.5 Å². The second kappa shape index (κ2) is 12.3. The van der Waals surface area contributed by atoms with Crippen molar-refractivity contribution in [3.63, 3.8) is 0 Å². The summed E-state index contributed by atoms with van der Waals surface area (Å²) >= 11 is 0. The predicted molar refractivity (Wildman–Crippen MR) is 172 cm³/mol. The van der Waals surface area contributed by atoms with Crippen molar-refractivity contribution in [3.8, 4) is 0 Å². The van der Waals surface area contributed by atoms with Crippen LogP contribution >= 0.6 is 0 Å². The van der Waals surface area contributed by atoms with Crippen LogP contribution in [0, 0.1) is 34.0 Å². The van der Waals surface area contributed by atoms with Crippen LogP contribution in [0.4, 0.5) is 4.79 Å². The van der Waals surface area contributed by atoms with E-state index in [1.807, 2.05) is 85.7 Å². The number of piperidine rings is 1. The van der Waals surface area contributed by atoms with E-state index in [-0.39, 0.29) is 31.3 Å². The fourth-order valence-corrected chi connectivity index (χ4v) is 7.93. The van der Waals surface area contributed by atoms with Crippen molar-refractivity contribution in [2.45, 2.75) is 92.4 Å². The highest BCUT2D eigenvalue weighted by atomic mass is 16.2. The van der Waals surface area contributed by atoms with Crippen molar-refractivity contribution in [1.29, 1.82) is 0 Å². The first-order chi connectivity index (χ1) is 21.2. The molecule has 1 aliphatic carbocycles. The highest BCUT2D eigenvalue weighted by Crippen LogP contribution is 2.79. The fourth-order valence-electron chi connectivity index (χ4n) is 7.93. The van der Waals surface area contributed by atoms with Crippen molar-refractivity contribution in [2.24, 2.45) is 39.7 Å². The maximum atomic E-state index is 14.4. The normalized spacial score (nSPS) is 26.3. The van der Waals surface area contributed by atoms with Gasteiger partial charge in [-0.05, 0) is 55.9 Å². The van der Waals surface area contributed by atoms with Gasteiger partial charge in [0.2, 0.25) is 23.5 Å². The fraction of sp³-hybridized carbons (Fsp3) is 0.647. The molecule has 6 N–H and O–H groups in total. The third-order valence-electron chi connectivity index (χ3n) is 10.1. The van der Waals surface area contributed by atoms with Gasteiger partial charge in [0.15, 0.2) is 0 Å². The highest BCUT2D eigenvalue weighted by molar-refractivity contribution is 6.37. The van der Waals surface area contributed by atoms with Crippen molar-refractivity contribution in [2.75, 3.05) is 13.1 Å². The van der Waals surface area contributed by atoms with Gasteiger partial charge in [-0.3, -0.25) is 24.0 Å². The van der Waals surface area contributed by atoms with Crippen molar-refractivity contribution in [3.05, 3.63) is 35.9 Å². The van der Waals surface area contributed by atoms with Gasteiger partial charge in [0.1, 0.15) is 12.1 Å². The number of hydrogen-bond donors (Lipinski definition) is 5. The van der Waals surface area contributed by atoms with Gasteiger partial charge < -0.3 is 31.9 Å². The van der Waals surface area contributed by atoms with E-state index in [9.17, 15) is 28.8 Å². The summed E-state index contributed by atoms with van der Waals surface area (Å²) in [5.41, 5.74) is 3.75. The molecule has 252 valence electrons. The summed E-state index contributed by atoms with van der Waals surface area (Å²) in [7, 11) is 0. The molecule has 1 aromatic rings. The number of Topliss-reactive ketones (excluding diaryl/α,β-unsaturated/α-hetero) is 1. The number of rotatable bonds is 10. The van der Waals surface area contributed by atoms with E-state index in [1.54, 1.807) is 0 Å². The van der Waals surface area contributed by atoms with E-state index < -0.39 is 75.2 Å². The highest BCUT2D eigenvalue weighted by Gasteiger charge is 2.84. The molecule has 12 heteroatoms. The Morgan fingerprint density at radius 1 is 1.04 bits per heavy atom. The third kappa shape index (κ3) is 6.48. The molecular formula is C34H50N6O6. The zero-order valence-electron chi connectivity index (χ0n) is 28.3. The topological polar surface area (TPSA) is 180 Å². The number of benzene rings is 1. The first kappa shape index (κ1) is 34.9. The third-order valence-corrected chi connectivity index (χ3v) is 10.1. The molecule has 6 atom stereocenters. The van der Waals surface area contributed by atoms with Gasteiger partial charge >= 0.3 is 6.03 Å². The molecule has 0 spiro atoms. The Bertz CT molecular complexity index is 1400. The van der Waals surface area contributed by atoms with Gasteiger partial charge in [0.25, 0.3) is 5.91 Å². The number of carbonyl (C=O) groups excluding carboxylic acids is 6. The molecule has 2 saturated heterocycles. The maximum absolute atomic E-state index is 14.4. The second-order valence-electron chi connectivity index (χ2n) is 15.7. The Balaban J connectivity index is 1.71. The number of hydrogen-bond acceptors (Lipinski definition) is 6. The number of likely N-dealkylation sites (tertiary alicyclic amines) is 1. The van der Waals surface area contributed by atoms with Crippen LogP contribution in [0.25, 0.3) is 0 Å². The number of ketones is 1. The summed E-state index contributed by atoms with van der Waals surface area (Å²) in [4.78, 5) is 82.6. The minimum atomic E-state index is -1.24. The first-order valence-electron chi connectivity index (χ1n) is 16.1. The standard InChI is InChI=1S/C34H50N6O6/c1-31(2,3)24(38-30(46)39-32(4,5)6)29(45)40-18-22-33(7,8)34(22,25(40)26(35)42)21(16-20-14-15-36-27(20)43)23(41)28(44)37-17-19-12-10-9-11-13-19/h9-13,20-22,24-25H,14-18H2,1-8H3,(H2,35,42)(H,36,43)(H,37,44)(H2,38,39,46)/t20-,21-,22?,24+,25?,34?/m1/s1. The van der Waals surface area contributed by atoms with Crippen LogP contribution in [0.15, 0.2) is 30.3 Å². The molecule has 0 bridgehead atoms. The van der Waals surface area contributed by atoms with Crippen LogP contribution in [0.3, 0.4) is 0 Å². The summed E-state index contributed by atoms with van der Waals surface area (Å²) in [6.07, 6.45) is 0.530. The SMILES string of the molecule is CC(C)(C)NC(=O)N[C@@H](C(=O)N1CC2C(C)(C)C2([C@H](C[C@H]2CCNC2=O)C(=O)C(=O)NCc2ccccc2)C1C(N)=O)C(C)(C)C. The Morgan fingerprint density at radius 2 is 1.67 bits per heavy atom. The second-order valence-corrected chi connectivity index (χ2v) is 15.7. The van der Waals surface area contributed by atoms with E-state index in [2.05, 4.69) is 21.3 Å². The molecule has 1 aromatic carbocycles. The van der Waals surface area contributed by atoms with Gasteiger partial charge in [-0.1, -0.05) is 65.0 Å². The summed E-state index contributed by atoms with van der Waals surface area (Å²) in [5, 5.41) is 11.1. The molecule has 1 saturated carbocycles. The molecule has 12 nitrogen and oxygen atoms in total. The molecule has 2 heterocycles. The summed E-state index contributed by atoms with van der Waals surface area (Å²) < 4.78 is 0. The van der Waals surface area contributed by atoms with Crippen molar-refractivity contribution >= 4 is 35.4 Å². The minimum Gasteiger partial charge on any atom is -0.368 e. The monoisotopic (exact) mass is 638 g/mol. The van der Waals surface area contributed by atoms with Crippen molar-refractivity contribution in [1.82, 2.24) is 26.2 Å². The molecular weight excluding hydrogens is 588 g/mol. The number of nitrogens with zero attached hydrogens (tertiary/aromatic N) is 1. The first-order valence-corrected chi connectivity index (χ1v) is 16.1. The quantitative estimate of drug-likeness (QED) is 0.244. The van der Waals surface area contributed by atoms with Gasteiger partial charge in [0.05, 0.1) is 0 Å². The number of urea groups is 1. The van der Waals surface area contributed by atoms with Crippen molar-refractivity contribution < 1.29 is 28.8 Å². The number of fused-ring (bicyclic) bond motifs is 1. The van der Waals surface area contributed by atoms with E-state index in [0.29, 0.717) is 13.0 Å². The van der Waals surface area contributed by atoms with Crippen LogP contribution in [0.5, 0.6) is 0 Å². The Labute approximate surface area is 271 Å². The van der Waals surface area contributed by atoms with Gasteiger partial charge in [0, 0.05) is 42.4 Å². The lowest BCUT2D eigenvalue weighted by Gasteiger charge is -2.41. The van der Waals surface area contributed by atoms with Crippen LogP contribution < -0.4 is 27.0 Å². The van der Waals surface area contributed by atoms with Gasteiger partial charge in [-0.15, -0.1) is 0 Å². The lowest BCUT2D eigenvalue weighted by atomic mass is 9.70. The Morgan fingerprint density at radius 3 is 2.20 bits per heavy atom. The molecule has 3 unspecified atom stereocenters. The maximum Gasteiger partial charge on any atom is 0.315 e. The molecule has 46 heavy (non-hydrogen) atoms. The molecule has 3 fully saturated rings. The van der Waals surface area contributed by atoms with E-state index in [0.717, 1.165) is 5.56 Å². The Kier molecular flexibility index (Phi) is 9.36. The predicted octanol–water partition coefficient (Wildman–Crippen LogP) is 1.87. The van der Waals surface area contributed by atoms with Crippen LogP contribution in [0.1, 0.15) is 73.8 Å². The molecule has 4 rings (SSSR count). The summed E-state index contributed by atoms with van der Waals surface area (Å²) in [6, 6.07) is 6.36. The lowest BCUT2D eigenvalue weighted by molar-refractivity contribution is -0.149. The molecule has 0 aromatic heterocycles. The van der Waals surface area contributed by atoms with E-state index >= 15 is 0 Å². The molecule has 0 radical (unpaired) electrons. The van der Waals surface area contributed by atoms with Gasteiger partial charge in [-0.25, -0.2) is 4.79 Å². The Hall–Kier alpha value is -3.96. The van der Waals surface area contributed by atoms with Gasteiger partial charge in [-0.2, -0.15) is 0 Å². The minimum absolute atomic E-state index is 0.0457. The average Bonchev–Trinajstić information content (AvgIpc) is 3.28. The molecule has 6 amide bonds. The van der Waals surface area contributed by atoms with Crippen LogP contribution in [0.2, 0.25) is 0 Å². The number of nitrogens with two attached hydrogens (primary N) is 1. The number of primary amides is 1. The molecule has 2 aliphatic heterocycles. The van der Waals surface area contributed by atoms with Crippen LogP contribution in [-0.4, -0.2) is 71.1 Å². The summed E-state index contributed by atoms with van der Waals surface area (Å²) in [5.74, 6) is -5.01. The smallest absolute Gasteiger partial charge is 0.315 e. The number of nitrogens with one attached hydrogen (secondary N) is 4. The zero-order valence-corrected chi connectivity index (χ0v) is 28.3. The van der Waals surface area contributed by atoms with E-state index in [4.69, 9.17) is 5.73 Å². The zero-order chi connectivity index (χ0) is 34.4. The largest absolute Gasteiger partial charge is 0.368 e. The number of amides is 6. The average molecular weight is 639 g/mol.